The van der Waals surface area contributed by atoms with Crippen molar-refractivity contribution in [3.63, 3.8) is 0 Å². The Bertz CT molecular complexity index is 1050. The number of nitrogens with one attached hydrogen (secondary N) is 1. The van der Waals surface area contributed by atoms with Crippen LogP contribution in [0.5, 0.6) is 0 Å². The van der Waals surface area contributed by atoms with Crippen LogP contribution in [0, 0.1) is 0 Å². The number of Topliss-reactive ketones (excluding diaryl/α,β-unsaturated/α-hetero) is 1. The van der Waals surface area contributed by atoms with Gasteiger partial charge in [0.15, 0.2) is 5.78 Å². The number of amides is 1. The van der Waals surface area contributed by atoms with E-state index in [1.807, 2.05) is 13.0 Å². The van der Waals surface area contributed by atoms with Gasteiger partial charge in [-0.2, -0.15) is 0 Å². The Morgan fingerprint density at radius 3 is 2.88 bits per heavy atom. The van der Waals surface area contributed by atoms with Gasteiger partial charge in [-0.1, -0.05) is 31.2 Å². The smallest absolute Gasteiger partial charge is 0.269 e. The number of ketones is 1. The highest BCUT2D eigenvalue weighted by atomic mass is 35.5. The molecule has 1 amide bonds. The molecule has 0 saturated carbocycles. The predicted molar refractivity (Wildman–Crippen MR) is 104 cm³/mol. The molecule has 0 spiro atoms. The number of nitrogens with zero attached hydrogens (tertiary/aromatic N) is 1. The normalized spacial score (nSPS) is 15.2. The molecule has 0 unspecified atom stereocenters. The van der Waals surface area contributed by atoms with Gasteiger partial charge in [0.1, 0.15) is 4.53 Å². The van der Waals surface area contributed by atoms with Gasteiger partial charge in [0, 0.05) is 36.5 Å². The van der Waals surface area contributed by atoms with E-state index < -0.39 is 0 Å². The number of hydrogen-bond acceptors (Lipinski definition) is 4. The number of rotatable bonds is 5. The lowest BCUT2D eigenvalue weighted by atomic mass is 10.1. The first kappa shape index (κ1) is 18.6. The third-order valence-corrected chi connectivity index (χ3v) is 5.57. The third-order valence-electron chi connectivity index (χ3n) is 4.29. The van der Waals surface area contributed by atoms with E-state index in [2.05, 4.69) is 11.9 Å². The molecule has 2 aromatic rings. The van der Waals surface area contributed by atoms with Crippen LogP contribution in [0.2, 0.25) is 5.02 Å². The number of hydrogen-bond donors (Lipinski definition) is 1. The minimum absolute atomic E-state index is 0.0894. The summed E-state index contributed by atoms with van der Waals surface area (Å²) in [6.45, 7) is 6.75. The number of aromatic nitrogens is 1. The van der Waals surface area contributed by atoms with Crippen molar-refractivity contribution in [3.05, 3.63) is 53.9 Å². The lowest BCUT2D eigenvalue weighted by molar-refractivity contribution is -0.121. The summed E-state index contributed by atoms with van der Waals surface area (Å²) in [5.74, 6) is -0.193. The Hall–Kier alpha value is -2.18. The van der Waals surface area contributed by atoms with Crippen LogP contribution in [0.4, 0.5) is 0 Å². The second-order valence-corrected chi connectivity index (χ2v) is 7.68. The maximum Gasteiger partial charge on any atom is 0.269 e. The predicted octanol–water partition coefficient (Wildman–Crippen LogP) is 1.21. The fraction of sp³-hybridized carbons (Fsp3) is 0.316. The highest BCUT2D eigenvalue weighted by molar-refractivity contribution is 7.07. The van der Waals surface area contributed by atoms with Crippen molar-refractivity contribution in [2.24, 2.45) is 0 Å². The average Bonchev–Trinajstić information content (AvgIpc) is 3.06. The fourth-order valence-electron chi connectivity index (χ4n) is 3.00. The number of halogens is 1. The van der Waals surface area contributed by atoms with Crippen LogP contribution in [0.3, 0.4) is 0 Å². The SMILES string of the molecule is C=c1s/c(=C2\C(=O)Cc3ccc(Cl)cc32)c(=O)n1CCC(=O)NCCC. The van der Waals surface area contributed by atoms with E-state index in [1.54, 1.807) is 12.1 Å². The highest BCUT2D eigenvalue weighted by Gasteiger charge is 2.27. The topological polar surface area (TPSA) is 68.2 Å². The Kier molecular flexibility index (Phi) is 5.44. The number of benzene rings is 1. The zero-order chi connectivity index (χ0) is 18.8. The van der Waals surface area contributed by atoms with E-state index in [0.29, 0.717) is 31.9 Å². The average molecular weight is 391 g/mol. The van der Waals surface area contributed by atoms with Crippen LogP contribution in [0.1, 0.15) is 30.9 Å². The van der Waals surface area contributed by atoms with Gasteiger partial charge in [-0.3, -0.25) is 19.0 Å². The van der Waals surface area contributed by atoms with Crippen molar-refractivity contribution in [1.82, 2.24) is 9.88 Å². The van der Waals surface area contributed by atoms with Gasteiger partial charge in [-0.05, 0) is 29.7 Å². The van der Waals surface area contributed by atoms with Crippen LogP contribution in [0.25, 0.3) is 12.2 Å². The standard InChI is InChI=1S/C19H19ClN2O3S/c1-3-7-21-16(24)6-8-22-11(2)26-18(19(22)25)17-14-10-13(20)5-4-12(14)9-15(17)23/h4-5,10H,2-3,6-9H2,1H3,(H,21,24)/b18-17-. The van der Waals surface area contributed by atoms with Crippen LogP contribution >= 0.6 is 22.9 Å². The zero-order valence-corrected chi connectivity index (χ0v) is 16.0. The number of fused-ring (bicyclic) bond motifs is 1. The van der Waals surface area contributed by atoms with Gasteiger partial charge in [-0.15, -0.1) is 11.3 Å². The van der Waals surface area contributed by atoms with Crippen molar-refractivity contribution >= 4 is 46.8 Å². The molecule has 1 aromatic carbocycles. The number of carbonyl (C=O) groups excluding carboxylic acids is 2. The minimum atomic E-state index is -0.278. The Labute approximate surface area is 159 Å². The van der Waals surface area contributed by atoms with Crippen molar-refractivity contribution in [2.75, 3.05) is 6.54 Å². The number of thiazole rings is 1. The molecular formula is C19H19ClN2O3S. The van der Waals surface area contributed by atoms with Crippen molar-refractivity contribution in [1.29, 1.82) is 0 Å². The third kappa shape index (κ3) is 3.52. The first-order valence-corrected chi connectivity index (χ1v) is 9.63. The summed E-state index contributed by atoms with van der Waals surface area (Å²) in [5, 5.41) is 3.31. The maximum atomic E-state index is 12.8. The van der Waals surface area contributed by atoms with Crippen molar-refractivity contribution in [3.8, 4) is 0 Å². The van der Waals surface area contributed by atoms with Gasteiger partial charge in [0.2, 0.25) is 5.91 Å². The quantitative estimate of drug-likeness (QED) is 0.834. The molecule has 1 N–H and O–H groups in total. The highest BCUT2D eigenvalue weighted by Crippen LogP contribution is 2.29. The van der Waals surface area contributed by atoms with E-state index in [1.165, 1.54) is 15.9 Å². The molecule has 0 fully saturated rings. The molecule has 0 saturated heterocycles. The summed E-state index contributed by atoms with van der Waals surface area (Å²) < 4.78 is 2.37. The lowest BCUT2D eigenvalue weighted by Gasteiger charge is -2.03. The van der Waals surface area contributed by atoms with Gasteiger partial charge in [-0.25, -0.2) is 0 Å². The molecule has 1 heterocycles. The first-order chi connectivity index (χ1) is 12.4. The van der Waals surface area contributed by atoms with Crippen molar-refractivity contribution in [2.45, 2.75) is 32.7 Å². The fourth-order valence-corrected chi connectivity index (χ4v) is 4.21. The second kappa shape index (κ2) is 7.60. The van der Waals surface area contributed by atoms with Gasteiger partial charge in [0.05, 0.1) is 4.66 Å². The molecule has 136 valence electrons. The maximum absolute atomic E-state index is 12.8. The first-order valence-electron chi connectivity index (χ1n) is 8.44. The molecular weight excluding hydrogens is 372 g/mol. The lowest BCUT2D eigenvalue weighted by Crippen LogP contribution is -2.35. The van der Waals surface area contributed by atoms with Gasteiger partial charge < -0.3 is 5.32 Å². The monoisotopic (exact) mass is 390 g/mol. The van der Waals surface area contributed by atoms with Crippen LogP contribution in [0.15, 0.2) is 23.0 Å². The molecule has 5 nitrogen and oxygen atoms in total. The molecule has 26 heavy (non-hydrogen) atoms. The Balaban J connectivity index is 2.01. The number of carbonyl (C=O) groups is 2. The van der Waals surface area contributed by atoms with Crippen LogP contribution in [-0.4, -0.2) is 22.8 Å². The summed E-state index contributed by atoms with van der Waals surface area (Å²) in [7, 11) is 0. The van der Waals surface area contributed by atoms with E-state index >= 15 is 0 Å². The molecule has 1 aromatic heterocycles. The van der Waals surface area contributed by atoms with Crippen LogP contribution < -0.4 is 20.1 Å². The second-order valence-electron chi connectivity index (χ2n) is 6.16. The van der Waals surface area contributed by atoms with E-state index in [4.69, 9.17) is 11.6 Å². The summed E-state index contributed by atoms with van der Waals surface area (Å²) in [4.78, 5) is 37.1. The van der Waals surface area contributed by atoms with Gasteiger partial charge in [0.25, 0.3) is 5.56 Å². The zero-order valence-electron chi connectivity index (χ0n) is 14.4. The molecule has 7 heteroatoms. The molecule has 0 aliphatic heterocycles. The van der Waals surface area contributed by atoms with E-state index in [-0.39, 0.29) is 36.6 Å². The Morgan fingerprint density at radius 1 is 1.38 bits per heavy atom. The largest absolute Gasteiger partial charge is 0.356 e. The Morgan fingerprint density at radius 2 is 2.15 bits per heavy atom. The van der Waals surface area contributed by atoms with Crippen molar-refractivity contribution < 1.29 is 9.59 Å². The summed E-state index contributed by atoms with van der Waals surface area (Å²) in [6.07, 6.45) is 1.33. The molecule has 3 rings (SSSR count). The minimum Gasteiger partial charge on any atom is -0.356 e. The summed E-state index contributed by atoms with van der Waals surface area (Å²) in [5.41, 5.74) is 1.73. The van der Waals surface area contributed by atoms with Gasteiger partial charge >= 0.3 is 0 Å². The van der Waals surface area contributed by atoms with E-state index in [0.717, 1.165) is 12.0 Å². The van der Waals surface area contributed by atoms with Crippen LogP contribution in [-0.2, 0) is 22.6 Å². The summed E-state index contributed by atoms with van der Waals surface area (Å²) >= 11 is 7.25. The van der Waals surface area contributed by atoms with E-state index in [9.17, 15) is 14.4 Å². The molecule has 0 bridgehead atoms. The molecule has 0 radical (unpaired) electrons. The molecule has 1 aliphatic rings. The molecule has 1 aliphatic carbocycles. The summed E-state index contributed by atoms with van der Waals surface area (Å²) in [6, 6.07) is 5.28. The molecule has 0 atom stereocenters.